The summed E-state index contributed by atoms with van der Waals surface area (Å²) in [5, 5.41) is 11.2. The van der Waals surface area contributed by atoms with Gasteiger partial charge in [0.1, 0.15) is 5.82 Å². The molecule has 1 atom stereocenters. The fourth-order valence-corrected chi connectivity index (χ4v) is 3.30. The average molecular weight is 329 g/mol. The third-order valence-corrected chi connectivity index (χ3v) is 4.56. The van der Waals surface area contributed by atoms with E-state index in [-0.39, 0.29) is 11.5 Å². The fourth-order valence-electron chi connectivity index (χ4n) is 2.60. The molecule has 0 bridgehead atoms. The molecule has 0 aliphatic rings. The maximum atomic E-state index is 4.85. The molecular weight excluding hydrogens is 306 g/mol. The van der Waals surface area contributed by atoms with Gasteiger partial charge in [0.15, 0.2) is 5.82 Å². The molecule has 0 N–H and O–H groups in total. The molecule has 3 rings (SSSR count). The zero-order valence-electron chi connectivity index (χ0n) is 14.1. The van der Waals surface area contributed by atoms with Crippen molar-refractivity contribution in [3.05, 3.63) is 52.5 Å². The summed E-state index contributed by atoms with van der Waals surface area (Å²) in [6.45, 7) is 9.49. The van der Waals surface area contributed by atoms with Crippen LogP contribution in [0.3, 0.4) is 0 Å². The highest BCUT2D eigenvalue weighted by molar-refractivity contribution is 7.09. The second-order valence-corrected chi connectivity index (χ2v) is 7.89. The number of rotatable bonds is 5. The molecule has 0 saturated carbocycles. The van der Waals surface area contributed by atoms with E-state index in [1.807, 2.05) is 23.1 Å². The lowest BCUT2D eigenvalue weighted by Crippen LogP contribution is -2.27. The Morgan fingerprint density at radius 3 is 2.70 bits per heavy atom. The summed E-state index contributed by atoms with van der Waals surface area (Å²) in [4.78, 5) is 6.14. The molecule has 6 heteroatoms. The van der Waals surface area contributed by atoms with Crippen molar-refractivity contribution >= 4 is 11.3 Å². The van der Waals surface area contributed by atoms with Crippen LogP contribution < -0.4 is 0 Å². The van der Waals surface area contributed by atoms with Gasteiger partial charge in [0.25, 0.3) is 0 Å². The van der Waals surface area contributed by atoms with Crippen LogP contribution in [0.5, 0.6) is 0 Å². The number of hydrogen-bond acceptors (Lipinski definition) is 4. The molecule has 3 aromatic heterocycles. The maximum absolute atomic E-state index is 4.85. The Balaban J connectivity index is 1.88. The molecule has 0 fully saturated rings. The fraction of sp³-hybridized carbons (Fsp3) is 0.471. The first-order valence-electron chi connectivity index (χ1n) is 7.89. The van der Waals surface area contributed by atoms with Crippen molar-refractivity contribution in [2.45, 2.75) is 52.1 Å². The Kier molecular flexibility index (Phi) is 4.35. The summed E-state index contributed by atoms with van der Waals surface area (Å²) >= 11 is 1.75. The van der Waals surface area contributed by atoms with Crippen LogP contribution in [-0.4, -0.2) is 24.5 Å². The van der Waals surface area contributed by atoms with Crippen molar-refractivity contribution in [3.63, 3.8) is 0 Å². The zero-order valence-corrected chi connectivity index (χ0v) is 14.9. The largest absolute Gasteiger partial charge is 0.272 e. The Hall–Kier alpha value is -1.95. The summed E-state index contributed by atoms with van der Waals surface area (Å²) in [5.41, 5.74) is -0.0889. The lowest BCUT2D eigenvalue weighted by molar-refractivity contribution is 0.327. The molecule has 3 heterocycles. The standard InChI is InChI=1S/C17H23N5S/c1-13(12-21-9-6-8-18-21)16-19-15(11-14-7-5-10-23-14)20-22(16)17(2,3)4/h5-10,13H,11-12H2,1-4H3/t13-/m1/s1. The van der Waals surface area contributed by atoms with Crippen molar-refractivity contribution in [1.82, 2.24) is 24.5 Å². The van der Waals surface area contributed by atoms with E-state index in [4.69, 9.17) is 10.1 Å². The van der Waals surface area contributed by atoms with Gasteiger partial charge in [0.2, 0.25) is 0 Å². The highest BCUT2D eigenvalue weighted by atomic mass is 32.1. The molecular formula is C17H23N5S. The molecule has 0 saturated heterocycles. The molecule has 23 heavy (non-hydrogen) atoms. The molecule has 5 nitrogen and oxygen atoms in total. The van der Waals surface area contributed by atoms with E-state index in [9.17, 15) is 0 Å². The SMILES string of the molecule is C[C@H](Cn1cccn1)c1nc(Cc2cccs2)nn1C(C)(C)C. The van der Waals surface area contributed by atoms with Gasteiger partial charge in [-0.3, -0.25) is 4.68 Å². The van der Waals surface area contributed by atoms with Crippen LogP contribution in [0.25, 0.3) is 0 Å². The topological polar surface area (TPSA) is 48.5 Å². The molecule has 0 amide bonds. The number of nitrogens with zero attached hydrogens (tertiary/aromatic N) is 5. The Labute approximate surface area is 141 Å². The minimum Gasteiger partial charge on any atom is -0.272 e. The summed E-state index contributed by atoms with van der Waals surface area (Å²) in [5.74, 6) is 2.17. The van der Waals surface area contributed by atoms with E-state index in [1.54, 1.807) is 11.3 Å². The molecule has 0 radical (unpaired) electrons. The zero-order chi connectivity index (χ0) is 16.4. The molecule has 122 valence electrons. The number of hydrogen-bond donors (Lipinski definition) is 0. The molecule has 0 aromatic carbocycles. The van der Waals surface area contributed by atoms with Crippen molar-refractivity contribution in [2.75, 3.05) is 0 Å². The van der Waals surface area contributed by atoms with Gasteiger partial charge in [-0.1, -0.05) is 13.0 Å². The lowest BCUT2D eigenvalue weighted by Gasteiger charge is -2.23. The van der Waals surface area contributed by atoms with Gasteiger partial charge < -0.3 is 0 Å². The maximum Gasteiger partial charge on any atom is 0.156 e. The normalized spacial score (nSPS) is 13.4. The van der Waals surface area contributed by atoms with E-state index in [1.165, 1.54) is 4.88 Å². The minimum atomic E-state index is -0.0889. The first kappa shape index (κ1) is 15.9. The predicted octanol–water partition coefficient (Wildman–Crippen LogP) is 3.69. The van der Waals surface area contributed by atoms with Gasteiger partial charge in [-0.25, -0.2) is 9.67 Å². The summed E-state index contributed by atoms with van der Waals surface area (Å²) in [7, 11) is 0. The monoisotopic (exact) mass is 329 g/mol. The van der Waals surface area contributed by atoms with Crippen molar-refractivity contribution in [1.29, 1.82) is 0 Å². The van der Waals surface area contributed by atoms with Gasteiger partial charge in [0, 0.05) is 29.6 Å². The van der Waals surface area contributed by atoms with Crippen molar-refractivity contribution in [3.8, 4) is 0 Å². The third kappa shape index (κ3) is 3.69. The smallest absolute Gasteiger partial charge is 0.156 e. The summed E-state index contributed by atoms with van der Waals surface area (Å²) in [6, 6.07) is 6.15. The van der Waals surface area contributed by atoms with E-state index in [0.29, 0.717) is 0 Å². The lowest BCUT2D eigenvalue weighted by atomic mass is 10.1. The van der Waals surface area contributed by atoms with E-state index in [2.05, 4.69) is 55.0 Å². The molecule has 0 unspecified atom stereocenters. The van der Waals surface area contributed by atoms with Gasteiger partial charge in [-0.2, -0.15) is 10.2 Å². The second-order valence-electron chi connectivity index (χ2n) is 6.85. The van der Waals surface area contributed by atoms with Crippen LogP contribution in [-0.2, 0) is 18.5 Å². The Morgan fingerprint density at radius 1 is 1.26 bits per heavy atom. The molecule has 0 aliphatic carbocycles. The number of aromatic nitrogens is 5. The quantitative estimate of drug-likeness (QED) is 0.717. The van der Waals surface area contributed by atoms with Gasteiger partial charge >= 0.3 is 0 Å². The van der Waals surface area contributed by atoms with Crippen LogP contribution in [0.4, 0.5) is 0 Å². The first-order chi connectivity index (χ1) is 10.9. The second kappa shape index (κ2) is 6.28. The predicted molar refractivity (Wildman–Crippen MR) is 92.8 cm³/mol. The molecule has 0 aliphatic heterocycles. The van der Waals surface area contributed by atoms with Gasteiger partial charge in [-0.15, -0.1) is 11.3 Å². The highest BCUT2D eigenvalue weighted by Gasteiger charge is 2.24. The highest BCUT2D eigenvalue weighted by Crippen LogP contribution is 2.24. The third-order valence-electron chi connectivity index (χ3n) is 3.68. The van der Waals surface area contributed by atoms with Crippen LogP contribution in [0.1, 0.15) is 50.1 Å². The van der Waals surface area contributed by atoms with Crippen LogP contribution >= 0.6 is 11.3 Å². The van der Waals surface area contributed by atoms with E-state index in [0.717, 1.165) is 24.6 Å². The van der Waals surface area contributed by atoms with E-state index < -0.39 is 0 Å². The van der Waals surface area contributed by atoms with Gasteiger partial charge in [-0.05, 0) is 38.3 Å². The van der Waals surface area contributed by atoms with Crippen LogP contribution in [0.15, 0.2) is 36.0 Å². The summed E-state index contributed by atoms with van der Waals surface area (Å²) in [6.07, 6.45) is 4.59. The Bertz CT molecular complexity index is 735. The summed E-state index contributed by atoms with van der Waals surface area (Å²) < 4.78 is 4.02. The Morgan fingerprint density at radius 2 is 2.09 bits per heavy atom. The van der Waals surface area contributed by atoms with E-state index >= 15 is 0 Å². The van der Waals surface area contributed by atoms with Gasteiger partial charge in [0.05, 0.1) is 12.1 Å². The minimum absolute atomic E-state index is 0.0889. The first-order valence-corrected chi connectivity index (χ1v) is 8.77. The van der Waals surface area contributed by atoms with Crippen LogP contribution in [0, 0.1) is 0 Å². The van der Waals surface area contributed by atoms with Crippen molar-refractivity contribution in [2.24, 2.45) is 0 Å². The van der Waals surface area contributed by atoms with Crippen LogP contribution in [0.2, 0.25) is 0 Å². The van der Waals surface area contributed by atoms with Crippen molar-refractivity contribution < 1.29 is 0 Å². The molecule has 0 spiro atoms. The number of thiophene rings is 1. The molecule has 3 aromatic rings. The average Bonchev–Trinajstić information content (AvgIpc) is 3.18.